The van der Waals surface area contributed by atoms with Gasteiger partial charge in [-0.05, 0) is 52.2 Å². The summed E-state index contributed by atoms with van der Waals surface area (Å²) in [5.74, 6) is -1.06. The number of hydrogen-bond donors (Lipinski definition) is 2. The van der Waals surface area contributed by atoms with Gasteiger partial charge in [-0.3, -0.25) is 0 Å². The third kappa shape index (κ3) is 5.49. The predicted octanol–water partition coefficient (Wildman–Crippen LogP) is 3.60. The van der Waals surface area contributed by atoms with Crippen LogP contribution in [0.3, 0.4) is 0 Å². The summed E-state index contributed by atoms with van der Waals surface area (Å²) in [4.78, 5) is 27.5. The molecule has 130 valence electrons. The zero-order valence-electron chi connectivity index (χ0n) is 14.0. The van der Waals surface area contributed by atoms with E-state index in [0.29, 0.717) is 19.3 Å². The number of carboxylic acids is 1. The number of aromatic nitrogens is 1. The van der Waals surface area contributed by atoms with Gasteiger partial charge in [-0.1, -0.05) is 12.1 Å². The number of rotatable bonds is 6. The molecule has 2 rings (SSSR count). The summed E-state index contributed by atoms with van der Waals surface area (Å²) in [7, 11) is 0. The standard InChI is InChI=1S/C17H22N2O4S/c1-17(2,3)23-16(22)19-12(15(20)21)8-6-10-14-18-11-7-4-5-9-13(11)24-14/h4-5,7,9,12H,6,8,10H2,1-3H3,(H,19,22)(H,20,21). The topological polar surface area (TPSA) is 88.5 Å². The number of hydrogen-bond acceptors (Lipinski definition) is 5. The monoisotopic (exact) mass is 350 g/mol. The quantitative estimate of drug-likeness (QED) is 0.831. The average molecular weight is 350 g/mol. The fourth-order valence-corrected chi connectivity index (χ4v) is 3.20. The molecule has 6 nitrogen and oxygen atoms in total. The number of thiazole rings is 1. The van der Waals surface area contributed by atoms with Crippen molar-refractivity contribution in [1.29, 1.82) is 0 Å². The summed E-state index contributed by atoms with van der Waals surface area (Å²) < 4.78 is 6.22. The van der Waals surface area contributed by atoms with E-state index in [1.807, 2.05) is 24.3 Å². The summed E-state index contributed by atoms with van der Waals surface area (Å²) in [6, 6.07) is 6.92. The number of benzene rings is 1. The molecule has 0 saturated carbocycles. The van der Waals surface area contributed by atoms with Crippen LogP contribution < -0.4 is 5.32 Å². The molecule has 1 unspecified atom stereocenters. The van der Waals surface area contributed by atoms with Crippen LogP contribution in [0, 0.1) is 0 Å². The summed E-state index contributed by atoms with van der Waals surface area (Å²) in [5, 5.41) is 12.6. The van der Waals surface area contributed by atoms with Gasteiger partial charge < -0.3 is 15.2 Å². The zero-order valence-corrected chi connectivity index (χ0v) is 14.9. The lowest BCUT2D eigenvalue weighted by atomic mass is 10.1. The maximum Gasteiger partial charge on any atom is 0.408 e. The molecule has 0 spiro atoms. The minimum Gasteiger partial charge on any atom is -0.480 e. The minimum absolute atomic E-state index is 0.324. The number of ether oxygens (including phenoxy) is 1. The first-order chi connectivity index (χ1) is 11.2. The fraction of sp³-hybridized carbons (Fsp3) is 0.471. The van der Waals surface area contributed by atoms with Crippen LogP contribution in [0.5, 0.6) is 0 Å². The SMILES string of the molecule is CC(C)(C)OC(=O)NC(CCCc1nc2ccccc2s1)C(=O)O. The number of aliphatic carboxylic acids is 1. The Bertz CT molecular complexity index is 688. The molecule has 2 N–H and O–H groups in total. The molecule has 0 saturated heterocycles. The van der Waals surface area contributed by atoms with Gasteiger partial charge in [0.15, 0.2) is 0 Å². The maximum atomic E-state index is 11.7. The van der Waals surface area contributed by atoms with Crippen LogP contribution in [0.4, 0.5) is 4.79 Å². The van der Waals surface area contributed by atoms with Gasteiger partial charge >= 0.3 is 12.1 Å². The molecule has 0 radical (unpaired) electrons. The van der Waals surface area contributed by atoms with Crippen LogP contribution in [0.15, 0.2) is 24.3 Å². The number of carbonyl (C=O) groups is 2. The molecule has 24 heavy (non-hydrogen) atoms. The van der Waals surface area contributed by atoms with Crippen molar-refractivity contribution < 1.29 is 19.4 Å². The van der Waals surface area contributed by atoms with Crippen LogP contribution in [0.25, 0.3) is 10.2 Å². The van der Waals surface area contributed by atoms with E-state index in [-0.39, 0.29) is 0 Å². The second-order valence-electron chi connectivity index (χ2n) is 6.50. The van der Waals surface area contributed by atoms with E-state index in [9.17, 15) is 14.7 Å². The highest BCUT2D eigenvalue weighted by Gasteiger charge is 2.23. The largest absolute Gasteiger partial charge is 0.480 e. The predicted molar refractivity (Wildman–Crippen MR) is 93.4 cm³/mol. The van der Waals surface area contributed by atoms with Crippen LogP contribution in [0.2, 0.25) is 0 Å². The van der Waals surface area contributed by atoms with Crippen molar-refractivity contribution in [2.24, 2.45) is 0 Å². The highest BCUT2D eigenvalue weighted by molar-refractivity contribution is 7.18. The van der Waals surface area contributed by atoms with Crippen molar-refractivity contribution in [2.45, 2.75) is 51.7 Å². The molecule has 0 fully saturated rings. The summed E-state index contributed by atoms with van der Waals surface area (Å²) in [6.45, 7) is 5.19. The Labute approximate surface area is 144 Å². The van der Waals surface area contributed by atoms with Gasteiger partial charge in [0, 0.05) is 0 Å². The molecule has 2 aromatic rings. The molecule has 0 bridgehead atoms. The van der Waals surface area contributed by atoms with Crippen molar-refractivity contribution in [3.8, 4) is 0 Å². The Hall–Kier alpha value is -2.15. The zero-order chi connectivity index (χ0) is 17.7. The summed E-state index contributed by atoms with van der Waals surface area (Å²) >= 11 is 1.61. The molecule has 7 heteroatoms. The number of carboxylic acid groups (broad SMARTS) is 1. The van der Waals surface area contributed by atoms with Gasteiger partial charge in [0.1, 0.15) is 11.6 Å². The maximum absolute atomic E-state index is 11.7. The lowest BCUT2D eigenvalue weighted by Gasteiger charge is -2.21. The lowest BCUT2D eigenvalue weighted by Crippen LogP contribution is -2.43. The summed E-state index contributed by atoms with van der Waals surface area (Å²) in [5.41, 5.74) is 0.299. The van der Waals surface area contributed by atoms with Crippen molar-refractivity contribution in [3.05, 3.63) is 29.3 Å². The van der Waals surface area contributed by atoms with Gasteiger partial charge in [-0.25, -0.2) is 14.6 Å². The van der Waals surface area contributed by atoms with E-state index in [0.717, 1.165) is 15.2 Å². The number of para-hydroxylation sites is 1. The van der Waals surface area contributed by atoms with Gasteiger partial charge in [0.25, 0.3) is 0 Å². The molecule has 0 aliphatic heterocycles. The van der Waals surface area contributed by atoms with E-state index in [1.165, 1.54) is 0 Å². The average Bonchev–Trinajstić information content (AvgIpc) is 2.86. The van der Waals surface area contributed by atoms with Crippen LogP contribution in [-0.4, -0.2) is 33.8 Å². The Balaban J connectivity index is 1.87. The second-order valence-corrected chi connectivity index (χ2v) is 7.62. The minimum atomic E-state index is -1.06. The number of amides is 1. The van der Waals surface area contributed by atoms with Crippen molar-refractivity contribution in [2.75, 3.05) is 0 Å². The molecule has 1 amide bonds. The lowest BCUT2D eigenvalue weighted by molar-refractivity contribution is -0.139. The number of nitrogens with one attached hydrogen (secondary N) is 1. The molecular formula is C17H22N2O4S. The van der Waals surface area contributed by atoms with Crippen LogP contribution in [0.1, 0.15) is 38.6 Å². The number of fused-ring (bicyclic) bond motifs is 1. The molecule has 1 atom stereocenters. The molecule has 1 aromatic carbocycles. The Morgan fingerprint density at radius 2 is 2.04 bits per heavy atom. The first kappa shape index (κ1) is 18.2. The van der Waals surface area contributed by atoms with Crippen LogP contribution in [-0.2, 0) is 16.0 Å². The van der Waals surface area contributed by atoms with E-state index in [2.05, 4.69) is 10.3 Å². The molecule has 1 heterocycles. The van der Waals surface area contributed by atoms with Crippen molar-refractivity contribution >= 4 is 33.6 Å². The molecule has 0 aliphatic rings. The Morgan fingerprint density at radius 3 is 2.67 bits per heavy atom. The molecule has 0 aliphatic carbocycles. The number of aryl methyl sites for hydroxylation is 1. The highest BCUT2D eigenvalue weighted by Crippen LogP contribution is 2.23. The van der Waals surface area contributed by atoms with Gasteiger partial charge in [0.2, 0.25) is 0 Å². The van der Waals surface area contributed by atoms with E-state index >= 15 is 0 Å². The van der Waals surface area contributed by atoms with Gasteiger partial charge in [-0.15, -0.1) is 11.3 Å². The first-order valence-electron chi connectivity index (χ1n) is 7.81. The Kier molecular flexibility index (Phi) is 5.77. The van der Waals surface area contributed by atoms with E-state index < -0.39 is 23.7 Å². The number of nitrogens with zero attached hydrogens (tertiary/aromatic N) is 1. The van der Waals surface area contributed by atoms with Crippen molar-refractivity contribution in [1.82, 2.24) is 10.3 Å². The van der Waals surface area contributed by atoms with Crippen molar-refractivity contribution in [3.63, 3.8) is 0 Å². The first-order valence-corrected chi connectivity index (χ1v) is 8.63. The normalized spacial score (nSPS) is 12.8. The second kappa shape index (κ2) is 7.61. The molecular weight excluding hydrogens is 328 g/mol. The van der Waals surface area contributed by atoms with Crippen LogP contribution >= 0.6 is 11.3 Å². The van der Waals surface area contributed by atoms with Gasteiger partial charge in [-0.2, -0.15) is 0 Å². The summed E-state index contributed by atoms with van der Waals surface area (Å²) in [6.07, 6.45) is 0.908. The number of alkyl carbamates (subject to hydrolysis) is 1. The fourth-order valence-electron chi connectivity index (χ4n) is 2.19. The number of carbonyl (C=O) groups excluding carboxylic acids is 1. The van der Waals surface area contributed by atoms with E-state index in [1.54, 1.807) is 32.1 Å². The highest BCUT2D eigenvalue weighted by atomic mass is 32.1. The third-order valence-corrected chi connectivity index (χ3v) is 4.31. The van der Waals surface area contributed by atoms with Gasteiger partial charge in [0.05, 0.1) is 15.2 Å². The Morgan fingerprint density at radius 1 is 1.33 bits per heavy atom. The van der Waals surface area contributed by atoms with E-state index in [4.69, 9.17) is 4.74 Å². The molecule has 1 aromatic heterocycles. The third-order valence-electron chi connectivity index (χ3n) is 3.21. The smallest absolute Gasteiger partial charge is 0.408 e.